The van der Waals surface area contributed by atoms with Crippen molar-refractivity contribution < 1.29 is 18.7 Å². The number of halogens is 1. The van der Waals surface area contributed by atoms with Crippen LogP contribution in [-0.4, -0.2) is 34.9 Å². The third-order valence-corrected chi connectivity index (χ3v) is 4.33. The van der Waals surface area contributed by atoms with Crippen molar-refractivity contribution in [2.45, 2.75) is 6.29 Å². The molecule has 2 heterocycles. The van der Waals surface area contributed by atoms with E-state index in [9.17, 15) is 9.18 Å². The van der Waals surface area contributed by atoms with Gasteiger partial charge in [-0.05, 0) is 36.4 Å². The Kier molecular flexibility index (Phi) is 5.65. The summed E-state index contributed by atoms with van der Waals surface area (Å²) in [5.74, 6) is 0.665. The fourth-order valence-corrected chi connectivity index (χ4v) is 2.89. The molecule has 1 aromatic heterocycles. The number of amides is 1. The van der Waals surface area contributed by atoms with Crippen LogP contribution in [0.5, 0.6) is 0 Å². The summed E-state index contributed by atoms with van der Waals surface area (Å²) in [5, 5.41) is 6.07. The van der Waals surface area contributed by atoms with Gasteiger partial charge in [0.15, 0.2) is 0 Å². The van der Waals surface area contributed by atoms with Gasteiger partial charge in [0.2, 0.25) is 11.8 Å². The van der Waals surface area contributed by atoms with E-state index < -0.39 is 6.29 Å². The van der Waals surface area contributed by atoms with Crippen LogP contribution in [0, 0.1) is 5.82 Å². The highest BCUT2D eigenvalue weighted by atomic mass is 19.1. The molecule has 0 spiro atoms. The van der Waals surface area contributed by atoms with Crippen LogP contribution in [0.25, 0.3) is 0 Å². The van der Waals surface area contributed by atoms with Gasteiger partial charge >= 0.3 is 0 Å². The topological polar surface area (TPSA) is 88.6 Å². The third-order valence-electron chi connectivity index (χ3n) is 4.33. The zero-order valence-corrected chi connectivity index (χ0v) is 16.9. The number of rotatable bonds is 6. The molecule has 2 aromatic carbocycles. The fraction of sp³-hybridized carbons (Fsp3) is 0.136. The number of ether oxygens (including phenoxy) is 2. The van der Waals surface area contributed by atoms with Crippen molar-refractivity contribution in [1.29, 1.82) is 0 Å². The van der Waals surface area contributed by atoms with Crippen LogP contribution >= 0.6 is 0 Å². The van der Waals surface area contributed by atoms with Crippen LogP contribution in [0.15, 0.2) is 72.9 Å². The van der Waals surface area contributed by atoms with Crippen LogP contribution in [0.3, 0.4) is 0 Å². The number of benzene rings is 2. The van der Waals surface area contributed by atoms with Crippen molar-refractivity contribution >= 4 is 23.4 Å². The number of nitrogens with zero attached hydrogens (tertiary/aromatic N) is 3. The first kappa shape index (κ1) is 20.1. The second-order valence-electron chi connectivity index (χ2n) is 6.92. The molecule has 1 atom stereocenters. The maximum Gasteiger partial charge on any atom is 0.268 e. The van der Waals surface area contributed by atoms with Gasteiger partial charge in [-0.3, -0.25) is 4.79 Å². The maximum absolute atomic E-state index is 13.4. The first-order valence-electron chi connectivity index (χ1n) is 9.44. The van der Waals surface area contributed by atoms with Crippen LogP contribution in [0.1, 0.15) is 22.2 Å². The molecule has 9 heteroatoms. The molecular formula is C22H20FN5O3. The molecule has 8 nitrogen and oxygen atoms in total. The van der Waals surface area contributed by atoms with Gasteiger partial charge in [0, 0.05) is 37.1 Å². The van der Waals surface area contributed by atoms with Gasteiger partial charge in [0.25, 0.3) is 12.2 Å². The average Bonchev–Trinajstić information content (AvgIpc) is 3.22. The molecular weight excluding hydrogens is 401 g/mol. The van der Waals surface area contributed by atoms with Crippen molar-refractivity contribution in [2.24, 2.45) is 0 Å². The van der Waals surface area contributed by atoms with Gasteiger partial charge in [-0.2, -0.15) is 4.98 Å². The Labute approximate surface area is 178 Å². The zero-order valence-electron chi connectivity index (χ0n) is 16.9. The molecule has 1 amide bonds. The van der Waals surface area contributed by atoms with E-state index in [2.05, 4.69) is 20.6 Å². The summed E-state index contributed by atoms with van der Waals surface area (Å²) in [6.07, 6.45) is 2.24. The third kappa shape index (κ3) is 4.89. The minimum atomic E-state index is -0.741. The second-order valence-corrected chi connectivity index (χ2v) is 6.92. The van der Waals surface area contributed by atoms with Gasteiger partial charge in [-0.1, -0.05) is 18.2 Å². The standard InChI is InChI=1S/C22H20FN5O3/c1-28(2)20(29)14-5-4-8-17(12-14)25-22-24-10-9-18(27-22)26-19-13-30-21(31-19)15-6-3-7-16(23)11-15/h3-13,21H,1-2H3,(H2,24,25,26,27). The first-order chi connectivity index (χ1) is 15.0. The predicted octanol–water partition coefficient (Wildman–Crippen LogP) is 4.02. The predicted molar refractivity (Wildman–Crippen MR) is 113 cm³/mol. The molecule has 0 aliphatic carbocycles. The molecule has 0 saturated heterocycles. The Bertz CT molecular complexity index is 1140. The molecule has 0 fully saturated rings. The van der Waals surface area contributed by atoms with E-state index >= 15 is 0 Å². The van der Waals surface area contributed by atoms with Crippen LogP contribution < -0.4 is 10.6 Å². The minimum absolute atomic E-state index is 0.0989. The summed E-state index contributed by atoms with van der Waals surface area (Å²) in [4.78, 5) is 22.2. The lowest BCUT2D eigenvalue weighted by Crippen LogP contribution is -2.21. The molecule has 3 aromatic rings. The highest BCUT2D eigenvalue weighted by molar-refractivity contribution is 5.94. The Morgan fingerprint density at radius 3 is 2.74 bits per heavy atom. The number of carbonyl (C=O) groups excluding carboxylic acids is 1. The Morgan fingerprint density at radius 1 is 1.10 bits per heavy atom. The number of hydrogen-bond acceptors (Lipinski definition) is 7. The summed E-state index contributed by atoms with van der Waals surface area (Å²) >= 11 is 0. The van der Waals surface area contributed by atoms with Crippen molar-refractivity contribution in [2.75, 3.05) is 24.7 Å². The molecule has 0 saturated carbocycles. The summed E-state index contributed by atoms with van der Waals surface area (Å²) in [6, 6.07) is 14.7. The summed E-state index contributed by atoms with van der Waals surface area (Å²) in [7, 11) is 3.39. The van der Waals surface area contributed by atoms with Crippen LogP contribution in [0.2, 0.25) is 0 Å². The SMILES string of the molecule is CN(C)C(=O)c1cccc(Nc2nccc(NC3=COC(c4cccc(F)c4)O3)n2)c1. The van der Waals surface area contributed by atoms with Gasteiger partial charge < -0.3 is 25.0 Å². The number of nitrogens with one attached hydrogen (secondary N) is 2. The molecule has 1 aliphatic heterocycles. The lowest BCUT2D eigenvalue weighted by molar-refractivity contribution is -0.0325. The van der Waals surface area contributed by atoms with Crippen molar-refractivity contribution in [3.63, 3.8) is 0 Å². The molecule has 0 radical (unpaired) electrons. The number of hydrogen-bond donors (Lipinski definition) is 2. The largest absolute Gasteiger partial charge is 0.453 e. The molecule has 2 N–H and O–H groups in total. The summed E-state index contributed by atoms with van der Waals surface area (Å²) in [5.41, 5.74) is 1.79. The van der Waals surface area contributed by atoms with Crippen molar-refractivity contribution in [3.8, 4) is 0 Å². The Hall–Kier alpha value is -4.14. The molecule has 4 rings (SSSR count). The van der Waals surface area contributed by atoms with Crippen molar-refractivity contribution in [3.05, 3.63) is 89.9 Å². The maximum atomic E-state index is 13.4. The van der Waals surface area contributed by atoms with Crippen LogP contribution in [-0.2, 0) is 9.47 Å². The highest BCUT2D eigenvalue weighted by Crippen LogP contribution is 2.29. The quantitative estimate of drug-likeness (QED) is 0.622. The van der Waals surface area contributed by atoms with E-state index in [4.69, 9.17) is 9.47 Å². The van der Waals surface area contributed by atoms with Gasteiger partial charge in [0.1, 0.15) is 17.9 Å². The Morgan fingerprint density at radius 2 is 1.94 bits per heavy atom. The molecule has 158 valence electrons. The summed E-state index contributed by atoms with van der Waals surface area (Å²) < 4.78 is 24.5. The first-order valence-corrected chi connectivity index (χ1v) is 9.44. The van der Waals surface area contributed by atoms with Gasteiger partial charge in [-0.25, -0.2) is 9.37 Å². The van der Waals surface area contributed by atoms with E-state index in [0.29, 0.717) is 34.5 Å². The number of aromatic nitrogens is 2. The molecule has 1 aliphatic rings. The monoisotopic (exact) mass is 421 g/mol. The lowest BCUT2D eigenvalue weighted by Gasteiger charge is -2.13. The normalized spacial score (nSPS) is 14.8. The van der Waals surface area contributed by atoms with E-state index in [1.54, 1.807) is 56.7 Å². The smallest absolute Gasteiger partial charge is 0.268 e. The minimum Gasteiger partial charge on any atom is -0.453 e. The van der Waals surface area contributed by atoms with E-state index in [1.807, 2.05) is 6.07 Å². The van der Waals surface area contributed by atoms with E-state index in [1.165, 1.54) is 23.3 Å². The Balaban J connectivity index is 1.41. The number of anilines is 3. The summed E-state index contributed by atoms with van der Waals surface area (Å²) in [6.45, 7) is 0. The second kappa shape index (κ2) is 8.70. The van der Waals surface area contributed by atoms with Crippen molar-refractivity contribution in [1.82, 2.24) is 14.9 Å². The van der Waals surface area contributed by atoms with Crippen LogP contribution in [0.4, 0.5) is 21.8 Å². The van der Waals surface area contributed by atoms with Gasteiger partial charge in [0.05, 0.1) is 0 Å². The lowest BCUT2D eigenvalue weighted by atomic mass is 10.2. The molecule has 31 heavy (non-hydrogen) atoms. The fourth-order valence-electron chi connectivity index (χ4n) is 2.89. The zero-order chi connectivity index (χ0) is 21.8. The average molecular weight is 421 g/mol. The van der Waals surface area contributed by atoms with Gasteiger partial charge in [-0.15, -0.1) is 0 Å². The van der Waals surface area contributed by atoms with E-state index in [0.717, 1.165) is 0 Å². The molecule has 1 unspecified atom stereocenters. The number of carbonyl (C=O) groups is 1. The molecule has 0 bridgehead atoms. The highest BCUT2D eigenvalue weighted by Gasteiger charge is 2.22. The van der Waals surface area contributed by atoms with E-state index in [-0.39, 0.29) is 11.7 Å².